The van der Waals surface area contributed by atoms with E-state index in [2.05, 4.69) is 25.4 Å². The summed E-state index contributed by atoms with van der Waals surface area (Å²) in [6.07, 6.45) is 0.595. The lowest BCUT2D eigenvalue weighted by Crippen LogP contribution is -2.66. The first-order chi connectivity index (χ1) is 22.4. The van der Waals surface area contributed by atoms with Crippen LogP contribution in [0, 0.1) is 0 Å². The fourth-order valence-electron chi connectivity index (χ4n) is 8.19. The molecule has 2 aromatic rings. The molecule has 2 N–H and O–H groups in total. The van der Waals surface area contributed by atoms with Gasteiger partial charge in [0.2, 0.25) is 5.91 Å². The molecule has 3 aliphatic heterocycles. The summed E-state index contributed by atoms with van der Waals surface area (Å²) in [7, 11) is 0. The number of carbonyl (C=O) groups is 1. The van der Waals surface area contributed by atoms with Crippen LogP contribution in [0.15, 0.2) is 47.5 Å². The van der Waals surface area contributed by atoms with E-state index in [1.54, 1.807) is 0 Å². The molecule has 3 atom stereocenters. The van der Waals surface area contributed by atoms with Crippen LogP contribution in [0.25, 0.3) is 0 Å². The number of amides is 1. The zero-order valence-corrected chi connectivity index (χ0v) is 26.5. The van der Waals surface area contributed by atoms with E-state index in [0.717, 1.165) is 75.2 Å². The van der Waals surface area contributed by atoms with Gasteiger partial charge in [-0.05, 0) is 87.0 Å². The van der Waals surface area contributed by atoms with Gasteiger partial charge in [-0.2, -0.15) is 26.3 Å². The first-order valence-corrected chi connectivity index (χ1v) is 16.8. The first-order valence-electron chi connectivity index (χ1n) is 16.8. The van der Waals surface area contributed by atoms with Crippen LogP contribution in [0.4, 0.5) is 32.0 Å². The average Bonchev–Trinajstić information content (AvgIpc) is 3.49. The Morgan fingerprint density at radius 3 is 2.21 bits per heavy atom. The van der Waals surface area contributed by atoms with Gasteiger partial charge in [-0.25, -0.2) is 0 Å². The van der Waals surface area contributed by atoms with Crippen molar-refractivity contribution in [1.82, 2.24) is 20.4 Å². The number of hydrogen-bond acceptors (Lipinski definition) is 5. The van der Waals surface area contributed by atoms with Crippen molar-refractivity contribution in [1.29, 1.82) is 0 Å². The number of benzene rings is 2. The molecule has 47 heavy (non-hydrogen) atoms. The molecule has 3 fully saturated rings. The van der Waals surface area contributed by atoms with Crippen LogP contribution in [0.2, 0.25) is 0 Å². The second-order valence-electron chi connectivity index (χ2n) is 13.6. The minimum absolute atomic E-state index is 0.116. The van der Waals surface area contributed by atoms with E-state index < -0.39 is 35.1 Å². The highest BCUT2D eigenvalue weighted by atomic mass is 19.4. The summed E-state index contributed by atoms with van der Waals surface area (Å²) in [4.78, 5) is 23.3. The molecule has 6 rings (SSSR count). The Kier molecular flexibility index (Phi) is 10.0. The maximum atomic E-state index is 13.9. The Balaban J connectivity index is 1.22. The van der Waals surface area contributed by atoms with Gasteiger partial charge in [-0.1, -0.05) is 37.5 Å². The van der Waals surface area contributed by atoms with Gasteiger partial charge in [0.1, 0.15) is 0 Å². The number of aliphatic imine (C=N–C) groups is 1. The lowest BCUT2D eigenvalue weighted by Gasteiger charge is -2.49. The Labute approximate surface area is 272 Å². The number of nitrogens with zero attached hydrogens (tertiary/aromatic N) is 3. The van der Waals surface area contributed by atoms with E-state index in [1.165, 1.54) is 19.3 Å². The highest BCUT2D eigenvalue weighted by Crippen LogP contribution is 2.45. The van der Waals surface area contributed by atoms with E-state index in [-0.39, 0.29) is 36.5 Å². The largest absolute Gasteiger partial charge is 0.416 e. The summed E-state index contributed by atoms with van der Waals surface area (Å²) in [5.41, 5.74) is -1.92. The topological polar surface area (TPSA) is 60.0 Å². The fourth-order valence-corrected chi connectivity index (χ4v) is 8.19. The van der Waals surface area contributed by atoms with E-state index >= 15 is 0 Å². The standard InChI is InChI=1S/C35H43F6N5O/c36-34(37,38)25-18-24(19-26(20-25)35(39,40)41)21-43-31-10-4-5-13-33(31,29-22-42-30-9-3-2-8-28(29)30)44-32(47)23-45-16-11-27(12-17-45)46-14-6-1-7-15-46/h2-3,8-9,18-20,22,27,29,31,43H,1,4-7,10-17,21,23H2,(H,44,47). The number of carbonyl (C=O) groups excluding carboxylic acids is 1. The van der Waals surface area contributed by atoms with Gasteiger partial charge >= 0.3 is 12.4 Å². The van der Waals surface area contributed by atoms with Crippen molar-refractivity contribution in [2.24, 2.45) is 4.99 Å². The quantitative estimate of drug-likeness (QED) is 0.297. The van der Waals surface area contributed by atoms with Crippen molar-refractivity contribution in [3.8, 4) is 0 Å². The molecule has 0 bridgehead atoms. The monoisotopic (exact) mass is 663 g/mol. The summed E-state index contributed by atoms with van der Waals surface area (Å²) < 4.78 is 81.6. The Bertz CT molecular complexity index is 1400. The molecule has 256 valence electrons. The van der Waals surface area contributed by atoms with Gasteiger partial charge in [-0.3, -0.25) is 14.7 Å². The third kappa shape index (κ3) is 7.70. The van der Waals surface area contributed by atoms with Gasteiger partial charge in [0.25, 0.3) is 0 Å². The van der Waals surface area contributed by atoms with Crippen molar-refractivity contribution >= 4 is 17.8 Å². The van der Waals surface area contributed by atoms with Crippen LogP contribution in [0.5, 0.6) is 0 Å². The Morgan fingerprint density at radius 1 is 0.851 bits per heavy atom. The van der Waals surface area contributed by atoms with Crippen molar-refractivity contribution in [3.63, 3.8) is 0 Å². The number of piperidine rings is 2. The molecule has 12 heteroatoms. The van der Waals surface area contributed by atoms with Crippen LogP contribution >= 0.6 is 0 Å². The number of nitrogens with one attached hydrogen (secondary N) is 2. The Morgan fingerprint density at radius 2 is 1.53 bits per heavy atom. The molecule has 6 nitrogen and oxygen atoms in total. The maximum Gasteiger partial charge on any atom is 0.416 e. The lowest BCUT2D eigenvalue weighted by molar-refractivity contribution is -0.143. The van der Waals surface area contributed by atoms with Crippen LogP contribution in [0.1, 0.15) is 86.0 Å². The van der Waals surface area contributed by atoms with Crippen molar-refractivity contribution in [3.05, 3.63) is 64.7 Å². The first kappa shape index (κ1) is 33.9. The molecular formula is C35H43F6N5O. The normalized spacial score (nSPS) is 26.3. The summed E-state index contributed by atoms with van der Waals surface area (Å²) in [5, 5.41) is 6.70. The van der Waals surface area contributed by atoms with Gasteiger partial charge in [0, 0.05) is 43.9 Å². The van der Waals surface area contributed by atoms with E-state index in [0.29, 0.717) is 18.9 Å². The third-order valence-corrected chi connectivity index (χ3v) is 10.5. The lowest BCUT2D eigenvalue weighted by atomic mass is 9.67. The number of likely N-dealkylation sites (tertiary alicyclic amines) is 2. The highest BCUT2D eigenvalue weighted by molar-refractivity contribution is 5.85. The summed E-state index contributed by atoms with van der Waals surface area (Å²) in [6.45, 7) is 3.96. The molecule has 1 aliphatic carbocycles. The van der Waals surface area contributed by atoms with Crippen molar-refractivity contribution in [2.45, 2.75) is 100 Å². The molecule has 0 radical (unpaired) electrons. The summed E-state index contributed by atoms with van der Waals surface area (Å²) >= 11 is 0. The second kappa shape index (κ2) is 13.9. The van der Waals surface area contributed by atoms with E-state index in [1.807, 2.05) is 30.5 Å². The number of para-hydroxylation sites is 1. The Hall–Kier alpha value is -2.96. The summed E-state index contributed by atoms with van der Waals surface area (Å²) in [6, 6.07) is 9.49. The SMILES string of the molecule is O=C(CN1CCC(N2CCCCC2)CC1)NC1(C2C=Nc3ccccc32)CCCCC1NCc1cc(C(F)(F)F)cc(C(F)(F)F)c1. The zero-order chi connectivity index (χ0) is 33.2. The van der Waals surface area contributed by atoms with Crippen LogP contribution in [-0.2, 0) is 23.7 Å². The maximum absolute atomic E-state index is 13.9. The fraction of sp³-hybridized carbons (Fsp3) is 0.600. The molecule has 3 unspecified atom stereocenters. The third-order valence-electron chi connectivity index (χ3n) is 10.5. The minimum atomic E-state index is -4.93. The molecular weight excluding hydrogens is 620 g/mol. The molecule has 3 heterocycles. The zero-order valence-electron chi connectivity index (χ0n) is 26.5. The van der Waals surface area contributed by atoms with E-state index in [4.69, 9.17) is 0 Å². The number of fused-ring (bicyclic) bond motifs is 1. The van der Waals surface area contributed by atoms with Gasteiger partial charge in [-0.15, -0.1) is 0 Å². The van der Waals surface area contributed by atoms with Crippen LogP contribution in [0.3, 0.4) is 0 Å². The highest BCUT2D eigenvalue weighted by Gasteiger charge is 2.50. The van der Waals surface area contributed by atoms with Crippen LogP contribution < -0.4 is 10.6 Å². The number of alkyl halides is 6. The van der Waals surface area contributed by atoms with Gasteiger partial charge < -0.3 is 15.5 Å². The number of rotatable bonds is 8. The van der Waals surface area contributed by atoms with Gasteiger partial charge in [0.05, 0.1) is 28.9 Å². The molecule has 0 spiro atoms. The molecule has 4 aliphatic rings. The number of hydrogen-bond donors (Lipinski definition) is 2. The van der Waals surface area contributed by atoms with Crippen molar-refractivity contribution in [2.75, 3.05) is 32.7 Å². The predicted octanol–water partition coefficient (Wildman–Crippen LogP) is 7.06. The molecule has 2 saturated heterocycles. The summed E-state index contributed by atoms with van der Waals surface area (Å²) in [5.74, 6) is -0.441. The van der Waals surface area contributed by atoms with Gasteiger partial charge in [0.15, 0.2) is 0 Å². The second-order valence-corrected chi connectivity index (χ2v) is 13.6. The average molecular weight is 664 g/mol. The van der Waals surface area contributed by atoms with E-state index in [9.17, 15) is 31.1 Å². The van der Waals surface area contributed by atoms with Crippen molar-refractivity contribution < 1.29 is 31.1 Å². The minimum Gasteiger partial charge on any atom is -0.347 e. The molecule has 0 aromatic heterocycles. The number of halogens is 6. The molecule has 1 amide bonds. The molecule has 2 aromatic carbocycles. The smallest absolute Gasteiger partial charge is 0.347 e. The molecule has 1 saturated carbocycles. The van der Waals surface area contributed by atoms with Crippen LogP contribution in [-0.4, -0.2) is 72.3 Å². The predicted molar refractivity (Wildman–Crippen MR) is 169 cm³/mol.